The predicted molar refractivity (Wildman–Crippen MR) is 96.3 cm³/mol. The van der Waals surface area contributed by atoms with Crippen molar-refractivity contribution in [3.8, 4) is 0 Å². The molecule has 1 aromatic carbocycles. The topological polar surface area (TPSA) is 62.3 Å². The standard InChI is InChI=1S/C16H11Cl3F3N3O2/c1-25(15(27)8-4-12(18)14(19)23-6-8)7-13(26)24-9-2-3-11(17)10(5-9)16(20,21)22/h2-6H,7H2,1H3,(H,24,26). The van der Waals surface area contributed by atoms with Gasteiger partial charge in [-0.15, -0.1) is 0 Å². The maximum Gasteiger partial charge on any atom is 0.417 e. The van der Waals surface area contributed by atoms with Crippen LogP contribution in [0.2, 0.25) is 15.2 Å². The van der Waals surface area contributed by atoms with Crippen molar-refractivity contribution in [3.05, 3.63) is 56.8 Å². The molecule has 1 aromatic heterocycles. The summed E-state index contributed by atoms with van der Waals surface area (Å²) in [5.74, 6) is -1.27. The number of hydrogen-bond donors (Lipinski definition) is 1. The van der Waals surface area contributed by atoms with E-state index in [0.717, 1.165) is 11.0 Å². The summed E-state index contributed by atoms with van der Waals surface area (Å²) in [6.45, 7) is -0.414. The Morgan fingerprint density at radius 3 is 2.41 bits per heavy atom. The van der Waals surface area contributed by atoms with E-state index in [9.17, 15) is 22.8 Å². The van der Waals surface area contributed by atoms with E-state index in [-0.39, 0.29) is 21.4 Å². The summed E-state index contributed by atoms with van der Waals surface area (Å²) in [6, 6.07) is 4.25. The minimum absolute atomic E-state index is 0.0248. The molecule has 27 heavy (non-hydrogen) atoms. The van der Waals surface area contributed by atoms with E-state index in [0.29, 0.717) is 6.07 Å². The second-order valence-electron chi connectivity index (χ2n) is 5.40. The number of anilines is 1. The van der Waals surface area contributed by atoms with E-state index in [1.54, 1.807) is 0 Å². The molecule has 0 saturated heterocycles. The van der Waals surface area contributed by atoms with Crippen molar-refractivity contribution in [3.63, 3.8) is 0 Å². The van der Waals surface area contributed by atoms with Gasteiger partial charge in [0.05, 0.1) is 27.7 Å². The number of likely N-dealkylation sites (N-methyl/N-ethyl adjacent to an activating group) is 1. The summed E-state index contributed by atoms with van der Waals surface area (Å²) >= 11 is 17.0. The van der Waals surface area contributed by atoms with Gasteiger partial charge in [0, 0.05) is 18.9 Å². The molecule has 0 aliphatic carbocycles. The third-order valence-electron chi connectivity index (χ3n) is 3.33. The molecule has 5 nitrogen and oxygen atoms in total. The molecular formula is C16H11Cl3F3N3O2. The van der Waals surface area contributed by atoms with Gasteiger partial charge in [0.1, 0.15) is 5.15 Å². The molecule has 0 atom stereocenters. The molecule has 0 spiro atoms. The van der Waals surface area contributed by atoms with Gasteiger partial charge in [0.25, 0.3) is 5.91 Å². The largest absolute Gasteiger partial charge is 0.417 e. The van der Waals surface area contributed by atoms with Gasteiger partial charge in [0.2, 0.25) is 5.91 Å². The monoisotopic (exact) mass is 439 g/mol. The van der Waals surface area contributed by atoms with Crippen LogP contribution in [0.25, 0.3) is 0 Å². The fraction of sp³-hybridized carbons (Fsp3) is 0.188. The van der Waals surface area contributed by atoms with Crippen LogP contribution >= 0.6 is 34.8 Å². The van der Waals surface area contributed by atoms with E-state index in [1.165, 1.54) is 25.4 Å². The van der Waals surface area contributed by atoms with Gasteiger partial charge in [-0.2, -0.15) is 13.2 Å². The van der Waals surface area contributed by atoms with Gasteiger partial charge in [-0.05, 0) is 24.3 Å². The average molecular weight is 441 g/mol. The van der Waals surface area contributed by atoms with Gasteiger partial charge < -0.3 is 10.2 Å². The summed E-state index contributed by atoms with van der Waals surface area (Å²) in [4.78, 5) is 29.1. The molecule has 144 valence electrons. The summed E-state index contributed by atoms with van der Waals surface area (Å²) in [5, 5.41) is 1.89. The Balaban J connectivity index is 2.07. The Kier molecular flexibility index (Phi) is 6.56. The lowest BCUT2D eigenvalue weighted by Crippen LogP contribution is -2.35. The lowest BCUT2D eigenvalue weighted by Gasteiger charge is -2.17. The first-order chi connectivity index (χ1) is 12.5. The molecule has 11 heteroatoms. The molecule has 0 unspecified atom stereocenters. The molecule has 0 aliphatic heterocycles. The second-order valence-corrected chi connectivity index (χ2v) is 6.57. The van der Waals surface area contributed by atoms with E-state index in [4.69, 9.17) is 34.8 Å². The Labute approximate surface area is 167 Å². The third-order valence-corrected chi connectivity index (χ3v) is 4.34. The minimum Gasteiger partial charge on any atom is -0.332 e. The molecule has 0 aliphatic rings. The lowest BCUT2D eigenvalue weighted by atomic mass is 10.2. The number of benzene rings is 1. The molecule has 1 N–H and O–H groups in total. The van der Waals surface area contributed by atoms with Crippen LogP contribution in [0, 0.1) is 0 Å². The number of hydrogen-bond acceptors (Lipinski definition) is 3. The molecular weight excluding hydrogens is 430 g/mol. The number of nitrogens with one attached hydrogen (secondary N) is 1. The van der Waals surface area contributed by atoms with Crippen molar-refractivity contribution in [1.82, 2.24) is 9.88 Å². The van der Waals surface area contributed by atoms with Crippen molar-refractivity contribution in [2.75, 3.05) is 18.9 Å². The van der Waals surface area contributed by atoms with Crippen molar-refractivity contribution in [2.24, 2.45) is 0 Å². The fourth-order valence-electron chi connectivity index (χ4n) is 2.07. The van der Waals surface area contributed by atoms with Gasteiger partial charge in [-0.3, -0.25) is 9.59 Å². The highest BCUT2D eigenvalue weighted by Crippen LogP contribution is 2.36. The van der Waals surface area contributed by atoms with Gasteiger partial charge in [-0.25, -0.2) is 4.98 Å². The number of carbonyl (C=O) groups excluding carboxylic acids is 2. The third kappa shape index (κ3) is 5.47. The first-order valence-electron chi connectivity index (χ1n) is 7.22. The Hall–Kier alpha value is -2.03. The summed E-state index contributed by atoms with van der Waals surface area (Å²) in [6.07, 6.45) is -3.47. The van der Waals surface area contributed by atoms with Crippen LogP contribution in [0.5, 0.6) is 0 Å². The second kappa shape index (κ2) is 8.33. The Bertz CT molecular complexity index is 891. The molecule has 2 aromatic rings. The van der Waals surface area contributed by atoms with E-state index in [2.05, 4.69) is 10.3 Å². The summed E-state index contributed by atoms with van der Waals surface area (Å²) < 4.78 is 38.6. The van der Waals surface area contributed by atoms with Crippen LogP contribution in [-0.2, 0) is 11.0 Å². The quantitative estimate of drug-likeness (QED) is 0.697. The van der Waals surface area contributed by atoms with Crippen molar-refractivity contribution >= 4 is 52.3 Å². The Morgan fingerprint density at radius 2 is 1.81 bits per heavy atom. The van der Waals surface area contributed by atoms with Crippen molar-refractivity contribution in [1.29, 1.82) is 0 Å². The predicted octanol–water partition coefficient (Wildman–Crippen LogP) is 4.77. The molecule has 0 radical (unpaired) electrons. The number of rotatable bonds is 4. The highest BCUT2D eigenvalue weighted by Gasteiger charge is 2.33. The zero-order chi connectivity index (χ0) is 20.4. The van der Waals surface area contributed by atoms with E-state index >= 15 is 0 Å². The summed E-state index contributed by atoms with van der Waals surface area (Å²) in [5.41, 5.74) is -1.08. The zero-order valence-corrected chi connectivity index (χ0v) is 15.8. The van der Waals surface area contributed by atoms with Crippen LogP contribution in [0.4, 0.5) is 18.9 Å². The Morgan fingerprint density at radius 1 is 1.15 bits per heavy atom. The fourth-order valence-corrected chi connectivity index (χ4v) is 2.56. The minimum atomic E-state index is -4.66. The van der Waals surface area contributed by atoms with Crippen LogP contribution in [0.1, 0.15) is 15.9 Å². The van der Waals surface area contributed by atoms with E-state index < -0.39 is 35.1 Å². The maximum absolute atomic E-state index is 12.9. The molecule has 2 rings (SSSR count). The first-order valence-corrected chi connectivity index (χ1v) is 8.35. The van der Waals surface area contributed by atoms with Crippen LogP contribution in [0.3, 0.4) is 0 Å². The number of pyridine rings is 1. The number of halogens is 6. The molecule has 0 fully saturated rings. The number of alkyl halides is 3. The first kappa shape index (κ1) is 21.3. The van der Waals surface area contributed by atoms with Crippen LogP contribution < -0.4 is 5.32 Å². The number of amides is 2. The highest BCUT2D eigenvalue weighted by atomic mass is 35.5. The van der Waals surface area contributed by atoms with Gasteiger partial charge >= 0.3 is 6.18 Å². The maximum atomic E-state index is 12.9. The SMILES string of the molecule is CN(CC(=O)Nc1ccc(Cl)c(C(F)(F)F)c1)C(=O)c1cnc(Cl)c(Cl)c1. The normalized spacial score (nSPS) is 11.2. The molecule has 2 amide bonds. The molecule has 0 bridgehead atoms. The van der Waals surface area contributed by atoms with Crippen LogP contribution in [-0.4, -0.2) is 35.3 Å². The van der Waals surface area contributed by atoms with E-state index in [1.807, 2.05) is 0 Å². The smallest absolute Gasteiger partial charge is 0.332 e. The number of carbonyl (C=O) groups is 2. The van der Waals surface area contributed by atoms with Gasteiger partial charge in [-0.1, -0.05) is 34.8 Å². The van der Waals surface area contributed by atoms with Crippen molar-refractivity contribution in [2.45, 2.75) is 6.18 Å². The highest BCUT2D eigenvalue weighted by molar-refractivity contribution is 6.41. The van der Waals surface area contributed by atoms with Crippen LogP contribution in [0.15, 0.2) is 30.5 Å². The van der Waals surface area contributed by atoms with Gasteiger partial charge in [0.15, 0.2) is 0 Å². The number of nitrogens with zero attached hydrogens (tertiary/aromatic N) is 2. The average Bonchev–Trinajstić information content (AvgIpc) is 2.57. The zero-order valence-electron chi connectivity index (χ0n) is 13.6. The molecule has 0 saturated carbocycles. The molecule has 1 heterocycles. The lowest BCUT2D eigenvalue weighted by molar-refractivity contribution is -0.137. The summed E-state index contributed by atoms with van der Waals surface area (Å²) in [7, 11) is 1.34. The van der Waals surface area contributed by atoms with Crippen molar-refractivity contribution < 1.29 is 22.8 Å². The number of aromatic nitrogens is 1.